The molecule has 3 atom stereocenters. The van der Waals surface area contributed by atoms with Crippen LogP contribution in [0.25, 0.3) is 0 Å². The van der Waals surface area contributed by atoms with Crippen LogP contribution >= 0.6 is 11.6 Å². The first-order valence-corrected chi connectivity index (χ1v) is 5.74. The fraction of sp³-hybridized carbons (Fsp3) is 1.00. The smallest absolute Gasteiger partial charge is 0.0553 e. The second kappa shape index (κ2) is 4.65. The van der Waals surface area contributed by atoms with Gasteiger partial charge in [0.1, 0.15) is 0 Å². The van der Waals surface area contributed by atoms with Crippen molar-refractivity contribution in [3.63, 3.8) is 0 Å². The summed E-state index contributed by atoms with van der Waals surface area (Å²) in [6.07, 6.45) is 3.01. The van der Waals surface area contributed by atoms with Crippen LogP contribution in [0, 0.1) is 11.8 Å². The average Bonchev–Trinajstić information content (AvgIpc) is 2.01. The van der Waals surface area contributed by atoms with E-state index in [0.29, 0.717) is 29.4 Å². The lowest BCUT2D eigenvalue weighted by Gasteiger charge is -2.35. The van der Waals surface area contributed by atoms with Gasteiger partial charge in [-0.05, 0) is 38.5 Å². The van der Waals surface area contributed by atoms with E-state index < -0.39 is 0 Å². The molecule has 1 saturated heterocycles. The first kappa shape index (κ1) is 11.3. The van der Waals surface area contributed by atoms with Gasteiger partial charge in [0.2, 0.25) is 0 Å². The Bertz CT molecular complexity index is 148. The maximum absolute atomic E-state index is 6.37. The Morgan fingerprint density at radius 1 is 1.15 bits per heavy atom. The van der Waals surface area contributed by atoms with Crippen LogP contribution in [0.4, 0.5) is 0 Å². The van der Waals surface area contributed by atoms with E-state index in [1.54, 1.807) is 0 Å². The van der Waals surface area contributed by atoms with E-state index >= 15 is 0 Å². The van der Waals surface area contributed by atoms with Gasteiger partial charge in [0.25, 0.3) is 0 Å². The van der Waals surface area contributed by atoms with Gasteiger partial charge in [0.05, 0.1) is 12.2 Å². The normalized spacial score (nSPS) is 37.8. The molecular weight excluding hydrogens is 184 g/mol. The molecule has 0 N–H and O–H groups in total. The zero-order valence-electron chi connectivity index (χ0n) is 9.09. The molecule has 1 fully saturated rings. The molecule has 0 aliphatic carbocycles. The summed E-state index contributed by atoms with van der Waals surface area (Å²) in [4.78, 5) is 0. The quantitative estimate of drug-likeness (QED) is 0.627. The zero-order valence-corrected chi connectivity index (χ0v) is 9.84. The molecule has 1 heterocycles. The first-order valence-electron chi connectivity index (χ1n) is 5.30. The SMILES string of the molecule is CC1CC(C(Cl)C(C)C)CC(C)O1. The summed E-state index contributed by atoms with van der Waals surface area (Å²) >= 11 is 6.37. The molecule has 1 rings (SSSR count). The van der Waals surface area contributed by atoms with E-state index in [1.165, 1.54) is 0 Å². The second-order valence-electron chi connectivity index (χ2n) is 4.68. The summed E-state index contributed by atoms with van der Waals surface area (Å²) in [5.41, 5.74) is 0. The van der Waals surface area contributed by atoms with Crippen LogP contribution in [-0.4, -0.2) is 17.6 Å². The van der Waals surface area contributed by atoms with Gasteiger partial charge in [0, 0.05) is 5.38 Å². The molecule has 0 aromatic rings. The highest BCUT2D eigenvalue weighted by Gasteiger charge is 2.30. The highest BCUT2D eigenvalue weighted by atomic mass is 35.5. The largest absolute Gasteiger partial charge is 0.376 e. The number of alkyl halides is 1. The molecule has 78 valence electrons. The molecule has 0 radical (unpaired) electrons. The molecule has 0 saturated carbocycles. The van der Waals surface area contributed by atoms with Gasteiger partial charge in [-0.15, -0.1) is 11.6 Å². The topological polar surface area (TPSA) is 9.23 Å². The summed E-state index contributed by atoms with van der Waals surface area (Å²) in [6, 6.07) is 0. The molecule has 13 heavy (non-hydrogen) atoms. The Labute approximate surface area is 86.8 Å². The molecule has 0 spiro atoms. The third-order valence-electron chi connectivity index (χ3n) is 2.82. The van der Waals surface area contributed by atoms with Crippen molar-refractivity contribution in [2.75, 3.05) is 0 Å². The van der Waals surface area contributed by atoms with Crippen molar-refractivity contribution in [3.8, 4) is 0 Å². The van der Waals surface area contributed by atoms with Crippen molar-refractivity contribution in [3.05, 3.63) is 0 Å². The van der Waals surface area contributed by atoms with Crippen LogP contribution in [-0.2, 0) is 4.74 Å². The number of hydrogen-bond donors (Lipinski definition) is 0. The summed E-state index contributed by atoms with van der Waals surface area (Å²) in [6.45, 7) is 8.68. The Kier molecular flexibility index (Phi) is 4.06. The van der Waals surface area contributed by atoms with Gasteiger partial charge in [-0.2, -0.15) is 0 Å². The number of rotatable bonds is 2. The second-order valence-corrected chi connectivity index (χ2v) is 5.18. The molecule has 0 bridgehead atoms. The zero-order chi connectivity index (χ0) is 10.0. The summed E-state index contributed by atoms with van der Waals surface area (Å²) in [7, 11) is 0. The van der Waals surface area contributed by atoms with Gasteiger partial charge in [0.15, 0.2) is 0 Å². The van der Waals surface area contributed by atoms with Crippen LogP contribution in [0.15, 0.2) is 0 Å². The van der Waals surface area contributed by atoms with Gasteiger partial charge in [-0.25, -0.2) is 0 Å². The van der Waals surface area contributed by atoms with Crippen molar-refractivity contribution < 1.29 is 4.74 Å². The van der Waals surface area contributed by atoms with Gasteiger partial charge >= 0.3 is 0 Å². The van der Waals surface area contributed by atoms with Gasteiger partial charge < -0.3 is 4.74 Å². The Morgan fingerprint density at radius 2 is 1.62 bits per heavy atom. The fourth-order valence-electron chi connectivity index (χ4n) is 2.26. The Morgan fingerprint density at radius 3 is 2.00 bits per heavy atom. The maximum atomic E-state index is 6.37. The van der Waals surface area contributed by atoms with Crippen molar-refractivity contribution in [1.82, 2.24) is 0 Å². The highest BCUT2D eigenvalue weighted by Crippen LogP contribution is 2.32. The maximum Gasteiger partial charge on any atom is 0.0553 e. The molecule has 1 nitrogen and oxygen atoms in total. The third-order valence-corrected chi connectivity index (χ3v) is 3.68. The fourth-order valence-corrected chi connectivity index (χ4v) is 2.47. The number of ether oxygens (including phenoxy) is 1. The molecule has 0 amide bonds. The third kappa shape index (κ3) is 3.14. The van der Waals surface area contributed by atoms with Crippen LogP contribution in [0.2, 0.25) is 0 Å². The predicted octanol–water partition coefficient (Wildman–Crippen LogP) is 3.45. The van der Waals surface area contributed by atoms with E-state index in [1.807, 2.05) is 0 Å². The van der Waals surface area contributed by atoms with Crippen LogP contribution in [0.5, 0.6) is 0 Å². The lowest BCUT2D eigenvalue weighted by Crippen LogP contribution is -2.35. The standard InChI is InChI=1S/C11H21ClO/c1-7(2)11(12)10-5-8(3)13-9(4)6-10/h7-11H,5-6H2,1-4H3. The molecular formula is C11H21ClO. The molecule has 0 aromatic carbocycles. The lowest BCUT2D eigenvalue weighted by atomic mass is 9.85. The minimum atomic E-state index is 0.314. The molecule has 1 aliphatic heterocycles. The Hall–Kier alpha value is 0.250. The lowest BCUT2D eigenvalue weighted by molar-refractivity contribution is -0.0543. The molecule has 3 unspecified atom stereocenters. The number of halogens is 1. The minimum absolute atomic E-state index is 0.314. The van der Waals surface area contributed by atoms with Crippen LogP contribution in [0.3, 0.4) is 0 Å². The van der Waals surface area contributed by atoms with Crippen molar-refractivity contribution >= 4 is 11.6 Å². The van der Waals surface area contributed by atoms with Gasteiger partial charge in [-0.1, -0.05) is 13.8 Å². The van der Waals surface area contributed by atoms with E-state index in [4.69, 9.17) is 16.3 Å². The predicted molar refractivity (Wildman–Crippen MR) is 57.2 cm³/mol. The molecule has 0 aromatic heterocycles. The van der Waals surface area contributed by atoms with Gasteiger partial charge in [-0.3, -0.25) is 0 Å². The minimum Gasteiger partial charge on any atom is -0.376 e. The highest BCUT2D eigenvalue weighted by molar-refractivity contribution is 6.20. The first-order chi connectivity index (χ1) is 6.00. The summed E-state index contributed by atoms with van der Waals surface area (Å²) in [5.74, 6) is 1.21. The van der Waals surface area contributed by atoms with Crippen LogP contribution in [0.1, 0.15) is 40.5 Å². The van der Waals surface area contributed by atoms with E-state index in [2.05, 4.69) is 27.7 Å². The van der Waals surface area contributed by atoms with Crippen molar-refractivity contribution in [2.45, 2.75) is 58.1 Å². The summed E-state index contributed by atoms with van der Waals surface area (Å²) < 4.78 is 5.69. The molecule has 2 heteroatoms. The number of hydrogen-bond acceptors (Lipinski definition) is 1. The van der Waals surface area contributed by atoms with Crippen LogP contribution < -0.4 is 0 Å². The Balaban J connectivity index is 2.49. The average molecular weight is 205 g/mol. The summed E-state index contributed by atoms with van der Waals surface area (Å²) in [5, 5.41) is 0.314. The van der Waals surface area contributed by atoms with E-state index in [9.17, 15) is 0 Å². The van der Waals surface area contributed by atoms with E-state index in [0.717, 1.165) is 12.8 Å². The van der Waals surface area contributed by atoms with Crippen molar-refractivity contribution in [2.24, 2.45) is 11.8 Å². The monoisotopic (exact) mass is 204 g/mol. The van der Waals surface area contributed by atoms with Crippen molar-refractivity contribution in [1.29, 1.82) is 0 Å². The van der Waals surface area contributed by atoms with E-state index in [-0.39, 0.29) is 0 Å². The molecule has 1 aliphatic rings.